The SMILES string of the molecule is C=CCOC(=O)c1cccc2nc(OCC)n(Cc3ccc(-c4ccccc4C#N)cc3)c12. The van der Waals surface area contributed by atoms with E-state index in [0.717, 1.165) is 16.7 Å². The molecule has 0 bridgehead atoms. The fourth-order valence-corrected chi connectivity index (χ4v) is 3.73. The summed E-state index contributed by atoms with van der Waals surface area (Å²) in [7, 11) is 0. The number of esters is 1. The van der Waals surface area contributed by atoms with Crippen molar-refractivity contribution in [3.8, 4) is 23.2 Å². The van der Waals surface area contributed by atoms with E-state index in [-0.39, 0.29) is 6.61 Å². The monoisotopic (exact) mass is 437 g/mol. The van der Waals surface area contributed by atoms with E-state index in [1.807, 2.05) is 66.1 Å². The Labute approximate surface area is 192 Å². The molecule has 0 amide bonds. The van der Waals surface area contributed by atoms with E-state index in [4.69, 9.17) is 9.47 Å². The Morgan fingerprint density at radius 2 is 1.91 bits per heavy atom. The molecule has 4 aromatic rings. The molecule has 0 saturated heterocycles. The van der Waals surface area contributed by atoms with Gasteiger partial charge in [0, 0.05) is 0 Å². The zero-order chi connectivity index (χ0) is 23.2. The van der Waals surface area contributed by atoms with E-state index in [1.165, 1.54) is 6.08 Å². The normalized spacial score (nSPS) is 10.5. The second-order valence-corrected chi connectivity index (χ2v) is 7.33. The molecule has 3 aromatic carbocycles. The maximum atomic E-state index is 12.7. The minimum atomic E-state index is -0.437. The van der Waals surface area contributed by atoms with Crippen LogP contribution >= 0.6 is 0 Å². The summed E-state index contributed by atoms with van der Waals surface area (Å²) in [5.41, 5.74) is 5.23. The number of hydrogen-bond donors (Lipinski definition) is 0. The molecule has 1 heterocycles. The number of fused-ring (bicyclic) bond motifs is 1. The topological polar surface area (TPSA) is 77.1 Å². The van der Waals surface area contributed by atoms with Crippen molar-refractivity contribution in [3.63, 3.8) is 0 Å². The zero-order valence-corrected chi connectivity index (χ0v) is 18.3. The van der Waals surface area contributed by atoms with Gasteiger partial charge in [-0.1, -0.05) is 61.2 Å². The highest BCUT2D eigenvalue weighted by atomic mass is 16.5. The van der Waals surface area contributed by atoms with E-state index in [9.17, 15) is 10.1 Å². The van der Waals surface area contributed by atoms with Crippen LogP contribution in [-0.4, -0.2) is 28.7 Å². The van der Waals surface area contributed by atoms with Crippen molar-refractivity contribution < 1.29 is 14.3 Å². The average molecular weight is 437 g/mol. The first kappa shape index (κ1) is 21.8. The number of carbonyl (C=O) groups excluding carboxylic acids is 1. The summed E-state index contributed by atoms with van der Waals surface area (Å²) in [6.07, 6.45) is 1.53. The summed E-state index contributed by atoms with van der Waals surface area (Å²) in [6.45, 7) is 6.53. The van der Waals surface area contributed by atoms with Crippen LogP contribution < -0.4 is 4.74 Å². The molecule has 0 N–H and O–H groups in total. The Kier molecular flexibility index (Phi) is 6.51. The molecule has 6 heteroatoms. The number of hydrogen-bond acceptors (Lipinski definition) is 5. The summed E-state index contributed by atoms with van der Waals surface area (Å²) >= 11 is 0. The summed E-state index contributed by atoms with van der Waals surface area (Å²) < 4.78 is 13.0. The number of nitriles is 1. The van der Waals surface area contributed by atoms with E-state index in [0.29, 0.717) is 41.3 Å². The fourth-order valence-electron chi connectivity index (χ4n) is 3.73. The third kappa shape index (κ3) is 4.48. The van der Waals surface area contributed by atoms with E-state index < -0.39 is 5.97 Å². The van der Waals surface area contributed by atoms with Gasteiger partial charge in [0.15, 0.2) is 0 Å². The number of ether oxygens (including phenoxy) is 2. The van der Waals surface area contributed by atoms with Crippen LogP contribution in [0.4, 0.5) is 0 Å². The first-order valence-corrected chi connectivity index (χ1v) is 10.6. The second kappa shape index (κ2) is 9.84. The van der Waals surface area contributed by atoms with E-state index in [1.54, 1.807) is 12.1 Å². The van der Waals surface area contributed by atoms with Gasteiger partial charge in [0.25, 0.3) is 6.01 Å². The molecule has 4 rings (SSSR count). The Morgan fingerprint density at radius 3 is 2.64 bits per heavy atom. The highest BCUT2D eigenvalue weighted by molar-refractivity contribution is 6.02. The molecule has 0 radical (unpaired) electrons. The molecular formula is C27H23N3O3. The molecule has 0 spiro atoms. The van der Waals surface area contributed by atoms with Gasteiger partial charge in [-0.25, -0.2) is 4.79 Å². The van der Waals surface area contributed by atoms with Crippen molar-refractivity contribution in [1.29, 1.82) is 5.26 Å². The largest absolute Gasteiger partial charge is 0.465 e. The number of rotatable bonds is 8. The number of benzene rings is 3. The molecule has 1 aromatic heterocycles. The van der Waals surface area contributed by atoms with Crippen molar-refractivity contribution in [2.24, 2.45) is 0 Å². The van der Waals surface area contributed by atoms with Gasteiger partial charge >= 0.3 is 5.97 Å². The fraction of sp³-hybridized carbons (Fsp3) is 0.148. The summed E-state index contributed by atoms with van der Waals surface area (Å²) in [4.78, 5) is 17.3. The van der Waals surface area contributed by atoms with Crippen LogP contribution in [0.15, 0.2) is 79.4 Å². The minimum absolute atomic E-state index is 0.132. The Hall–Kier alpha value is -4.37. The molecule has 0 fully saturated rings. The lowest BCUT2D eigenvalue weighted by Crippen LogP contribution is -2.10. The van der Waals surface area contributed by atoms with Gasteiger partial charge in [-0.15, -0.1) is 0 Å². The maximum Gasteiger partial charge on any atom is 0.340 e. The molecule has 6 nitrogen and oxygen atoms in total. The van der Waals surface area contributed by atoms with E-state index in [2.05, 4.69) is 17.6 Å². The lowest BCUT2D eigenvalue weighted by molar-refractivity contribution is 0.0551. The zero-order valence-electron chi connectivity index (χ0n) is 18.3. The van der Waals surface area contributed by atoms with Crippen molar-refractivity contribution in [2.75, 3.05) is 13.2 Å². The van der Waals surface area contributed by atoms with Gasteiger partial charge in [-0.3, -0.25) is 4.57 Å². The molecule has 0 atom stereocenters. The lowest BCUT2D eigenvalue weighted by Gasteiger charge is -2.12. The predicted molar refractivity (Wildman–Crippen MR) is 127 cm³/mol. The van der Waals surface area contributed by atoms with Gasteiger partial charge in [0.2, 0.25) is 0 Å². The van der Waals surface area contributed by atoms with Crippen molar-refractivity contribution in [1.82, 2.24) is 9.55 Å². The molecule has 0 aliphatic rings. The third-order valence-electron chi connectivity index (χ3n) is 5.21. The predicted octanol–water partition coefficient (Wildman–Crippen LogP) is 5.36. The van der Waals surface area contributed by atoms with Crippen molar-refractivity contribution in [3.05, 3.63) is 96.1 Å². The molecule has 0 saturated carbocycles. The van der Waals surface area contributed by atoms with E-state index >= 15 is 0 Å². The Balaban J connectivity index is 1.73. The van der Waals surface area contributed by atoms with Crippen LogP contribution in [0.1, 0.15) is 28.4 Å². The van der Waals surface area contributed by atoms with Crippen molar-refractivity contribution in [2.45, 2.75) is 13.5 Å². The smallest absolute Gasteiger partial charge is 0.340 e. The van der Waals surface area contributed by atoms with Gasteiger partial charge < -0.3 is 9.47 Å². The second-order valence-electron chi connectivity index (χ2n) is 7.33. The lowest BCUT2D eigenvalue weighted by atomic mass is 9.99. The number of para-hydroxylation sites is 1. The third-order valence-corrected chi connectivity index (χ3v) is 5.21. The van der Waals surface area contributed by atoms with Gasteiger partial charge in [-0.2, -0.15) is 10.2 Å². The first-order chi connectivity index (χ1) is 16.2. The maximum absolute atomic E-state index is 12.7. The molecule has 0 unspecified atom stereocenters. The van der Waals surface area contributed by atoms with Crippen LogP contribution in [0, 0.1) is 11.3 Å². The molecular weight excluding hydrogens is 414 g/mol. The molecule has 164 valence electrons. The molecule has 33 heavy (non-hydrogen) atoms. The first-order valence-electron chi connectivity index (χ1n) is 10.6. The summed E-state index contributed by atoms with van der Waals surface area (Å²) in [5.74, 6) is -0.437. The Bertz CT molecular complexity index is 1350. The highest BCUT2D eigenvalue weighted by Crippen LogP contribution is 2.28. The molecule has 0 aliphatic heterocycles. The number of carbonyl (C=O) groups is 1. The van der Waals surface area contributed by atoms with Gasteiger partial charge in [0.05, 0.1) is 41.4 Å². The van der Waals surface area contributed by atoms with Crippen LogP contribution in [0.2, 0.25) is 0 Å². The van der Waals surface area contributed by atoms with Crippen LogP contribution in [0.3, 0.4) is 0 Å². The summed E-state index contributed by atoms with van der Waals surface area (Å²) in [5, 5.41) is 9.39. The highest BCUT2D eigenvalue weighted by Gasteiger charge is 2.20. The Morgan fingerprint density at radius 1 is 1.12 bits per heavy atom. The average Bonchev–Trinajstić information content (AvgIpc) is 3.20. The standard InChI is InChI=1S/C27H23N3O3/c1-3-16-33-26(31)23-10-7-11-24-25(23)30(27(29-24)32-4-2)18-19-12-14-20(15-13-19)22-9-6-5-8-21(22)17-28/h3,5-15H,1,4,16,18H2,2H3. The van der Waals surface area contributed by atoms with Crippen LogP contribution in [0.5, 0.6) is 6.01 Å². The number of nitrogens with zero attached hydrogens (tertiary/aromatic N) is 3. The van der Waals surface area contributed by atoms with Crippen LogP contribution in [0.25, 0.3) is 22.2 Å². The van der Waals surface area contributed by atoms with Crippen molar-refractivity contribution >= 4 is 17.0 Å². The quantitative estimate of drug-likeness (QED) is 0.274. The number of aromatic nitrogens is 2. The minimum Gasteiger partial charge on any atom is -0.465 e. The summed E-state index contributed by atoms with van der Waals surface area (Å²) in [6, 6.07) is 23.5. The number of imidazole rings is 1. The van der Waals surface area contributed by atoms with Gasteiger partial charge in [0.1, 0.15) is 6.61 Å². The molecule has 0 aliphatic carbocycles. The van der Waals surface area contributed by atoms with Gasteiger partial charge in [-0.05, 0) is 41.8 Å². The van der Waals surface area contributed by atoms with Crippen LogP contribution in [-0.2, 0) is 11.3 Å².